The molecule has 29 heavy (non-hydrogen) atoms. The summed E-state index contributed by atoms with van der Waals surface area (Å²) in [5.74, 6) is -0.0956. The number of sulfonamides is 1. The summed E-state index contributed by atoms with van der Waals surface area (Å²) in [5.41, 5.74) is 0.783. The van der Waals surface area contributed by atoms with Gasteiger partial charge in [0, 0.05) is 18.2 Å². The molecule has 1 aromatic heterocycles. The zero-order chi connectivity index (χ0) is 21.2. The lowest BCUT2D eigenvalue weighted by molar-refractivity contribution is 0.102. The van der Waals surface area contributed by atoms with Crippen molar-refractivity contribution in [3.05, 3.63) is 54.2 Å². The third kappa shape index (κ3) is 4.92. The van der Waals surface area contributed by atoms with E-state index in [1.54, 1.807) is 13.0 Å². The van der Waals surface area contributed by atoms with Crippen LogP contribution >= 0.6 is 0 Å². The molecule has 9 nitrogen and oxygen atoms in total. The molecular weight excluding hydrogens is 416 g/mol. The van der Waals surface area contributed by atoms with Crippen LogP contribution in [0.1, 0.15) is 28.5 Å². The lowest BCUT2D eigenvalue weighted by Crippen LogP contribution is -2.24. The fraction of sp³-hybridized carbons (Fsp3) is 0.333. The number of nitrogens with zero attached hydrogens (tertiary/aromatic N) is 2. The van der Waals surface area contributed by atoms with Crippen LogP contribution in [0.3, 0.4) is 0 Å². The number of hydrogen-bond acceptors (Lipinski definition) is 6. The molecule has 0 bridgehead atoms. The molecule has 1 amide bonds. The first-order chi connectivity index (χ1) is 13.6. The van der Waals surface area contributed by atoms with Crippen LogP contribution in [0.4, 0.5) is 5.82 Å². The molecule has 1 atom stereocenters. The van der Waals surface area contributed by atoms with Gasteiger partial charge in [-0.1, -0.05) is 12.1 Å². The first kappa shape index (κ1) is 21.2. The standard InChI is InChI=1S/C18H22N4O5S2/c1-3-8-19-29(26,27)16-6-4-5-14(11-16)18(23)20-17-10-13(2)21-22(17)15-7-9-28(24,25)12-15/h3-6,10-11,15,19H,1,7-9,12H2,2H3,(H,20,23). The zero-order valence-electron chi connectivity index (χ0n) is 15.8. The summed E-state index contributed by atoms with van der Waals surface area (Å²) in [7, 11) is -6.88. The Morgan fingerprint density at radius 2 is 2.14 bits per heavy atom. The van der Waals surface area contributed by atoms with Crippen LogP contribution in [0.25, 0.3) is 0 Å². The number of carbonyl (C=O) groups excluding carboxylic acids is 1. The molecule has 0 spiro atoms. The molecule has 0 aliphatic carbocycles. The quantitative estimate of drug-likeness (QED) is 0.627. The maximum Gasteiger partial charge on any atom is 0.256 e. The number of nitrogens with one attached hydrogen (secondary N) is 2. The molecule has 1 unspecified atom stereocenters. The summed E-state index contributed by atoms with van der Waals surface area (Å²) < 4.78 is 51.9. The van der Waals surface area contributed by atoms with Crippen molar-refractivity contribution in [1.29, 1.82) is 0 Å². The predicted molar refractivity (Wildman–Crippen MR) is 109 cm³/mol. The molecule has 11 heteroatoms. The van der Waals surface area contributed by atoms with E-state index in [9.17, 15) is 21.6 Å². The van der Waals surface area contributed by atoms with Crippen molar-refractivity contribution in [2.24, 2.45) is 0 Å². The smallest absolute Gasteiger partial charge is 0.256 e. The summed E-state index contributed by atoms with van der Waals surface area (Å²) in [6, 6.07) is 6.93. The van der Waals surface area contributed by atoms with Gasteiger partial charge in [0.15, 0.2) is 9.84 Å². The van der Waals surface area contributed by atoms with Crippen molar-refractivity contribution >= 4 is 31.6 Å². The fourth-order valence-corrected chi connectivity index (χ4v) is 5.84. The van der Waals surface area contributed by atoms with Gasteiger partial charge in [0.1, 0.15) is 5.82 Å². The first-order valence-electron chi connectivity index (χ1n) is 8.90. The molecule has 2 N–H and O–H groups in total. The number of amides is 1. The molecule has 3 rings (SSSR count). The number of anilines is 1. The minimum Gasteiger partial charge on any atom is -0.307 e. The minimum absolute atomic E-state index is 0.0281. The van der Waals surface area contributed by atoms with Crippen molar-refractivity contribution < 1.29 is 21.6 Å². The van der Waals surface area contributed by atoms with Gasteiger partial charge in [-0.2, -0.15) is 5.10 Å². The normalized spacial score (nSPS) is 18.4. The highest BCUT2D eigenvalue weighted by Crippen LogP contribution is 2.27. The summed E-state index contributed by atoms with van der Waals surface area (Å²) in [5, 5.41) is 7.03. The van der Waals surface area contributed by atoms with Crippen molar-refractivity contribution in [3.8, 4) is 0 Å². The Morgan fingerprint density at radius 1 is 1.38 bits per heavy atom. The monoisotopic (exact) mass is 438 g/mol. The molecule has 2 heterocycles. The number of carbonyl (C=O) groups is 1. The highest BCUT2D eigenvalue weighted by molar-refractivity contribution is 7.91. The Labute approximate surface area is 169 Å². The van der Waals surface area contributed by atoms with Gasteiger partial charge in [-0.25, -0.2) is 26.2 Å². The Kier molecular flexibility index (Phi) is 5.92. The molecule has 1 aliphatic rings. The van der Waals surface area contributed by atoms with Gasteiger partial charge in [0.2, 0.25) is 10.0 Å². The fourth-order valence-electron chi connectivity index (χ4n) is 3.10. The summed E-state index contributed by atoms with van der Waals surface area (Å²) >= 11 is 0. The van der Waals surface area contributed by atoms with Gasteiger partial charge in [-0.05, 0) is 31.5 Å². The lowest BCUT2D eigenvalue weighted by Gasteiger charge is -2.14. The molecular formula is C18H22N4O5S2. The highest BCUT2D eigenvalue weighted by Gasteiger charge is 2.31. The molecule has 1 aromatic carbocycles. The van der Waals surface area contributed by atoms with Crippen LogP contribution in [-0.4, -0.2) is 50.6 Å². The predicted octanol–water partition coefficient (Wildman–Crippen LogP) is 1.27. The Morgan fingerprint density at radius 3 is 2.79 bits per heavy atom. The van der Waals surface area contributed by atoms with Crippen molar-refractivity contribution in [1.82, 2.24) is 14.5 Å². The van der Waals surface area contributed by atoms with E-state index < -0.39 is 25.8 Å². The summed E-state index contributed by atoms with van der Waals surface area (Å²) in [4.78, 5) is 12.7. The molecule has 0 radical (unpaired) electrons. The van der Waals surface area contributed by atoms with Crippen LogP contribution in [0.15, 0.2) is 47.9 Å². The number of aromatic nitrogens is 2. The topological polar surface area (TPSA) is 127 Å². The van der Waals surface area contributed by atoms with Crippen molar-refractivity contribution in [3.63, 3.8) is 0 Å². The van der Waals surface area contributed by atoms with Gasteiger partial charge in [-0.15, -0.1) is 6.58 Å². The molecule has 2 aromatic rings. The van der Waals surface area contributed by atoms with E-state index in [-0.39, 0.29) is 34.6 Å². The summed E-state index contributed by atoms with van der Waals surface area (Å²) in [6.07, 6.45) is 1.84. The molecule has 1 saturated heterocycles. The van der Waals surface area contributed by atoms with Crippen LogP contribution in [-0.2, 0) is 19.9 Å². The number of rotatable bonds is 7. The lowest BCUT2D eigenvalue weighted by atomic mass is 10.2. The van der Waals surface area contributed by atoms with E-state index in [2.05, 4.69) is 21.7 Å². The summed E-state index contributed by atoms with van der Waals surface area (Å²) in [6.45, 7) is 5.28. The van der Waals surface area contributed by atoms with Gasteiger partial charge in [-0.3, -0.25) is 4.79 Å². The van der Waals surface area contributed by atoms with Crippen LogP contribution in [0.5, 0.6) is 0 Å². The van der Waals surface area contributed by atoms with E-state index in [1.807, 2.05) is 0 Å². The van der Waals surface area contributed by atoms with E-state index in [1.165, 1.54) is 35.0 Å². The maximum absolute atomic E-state index is 12.7. The number of hydrogen-bond donors (Lipinski definition) is 2. The van der Waals surface area contributed by atoms with E-state index >= 15 is 0 Å². The largest absolute Gasteiger partial charge is 0.307 e. The van der Waals surface area contributed by atoms with E-state index in [4.69, 9.17) is 0 Å². The van der Waals surface area contributed by atoms with Crippen molar-refractivity contribution in [2.75, 3.05) is 23.4 Å². The minimum atomic E-state index is -3.77. The second-order valence-electron chi connectivity index (χ2n) is 6.79. The van der Waals surface area contributed by atoms with E-state index in [0.717, 1.165) is 0 Å². The number of sulfone groups is 1. The molecule has 0 saturated carbocycles. The maximum atomic E-state index is 12.7. The molecule has 1 aliphatic heterocycles. The van der Waals surface area contributed by atoms with E-state index in [0.29, 0.717) is 17.9 Å². The Hall–Kier alpha value is -2.50. The van der Waals surface area contributed by atoms with Crippen LogP contribution < -0.4 is 10.0 Å². The van der Waals surface area contributed by atoms with Gasteiger partial charge in [0.05, 0.1) is 28.1 Å². The third-order valence-electron chi connectivity index (χ3n) is 4.48. The number of benzene rings is 1. The van der Waals surface area contributed by atoms with Crippen LogP contribution in [0, 0.1) is 6.92 Å². The Bertz CT molecular complexity index is 1150. The Balaban J connectivity index is 1.83. The first-order valence-corrected chi connectivity index (χ1v) is 12.2. The second-order valence-corrected chi connectivity index (χ2v) is 10.8. The molecule has 1 fully saturated rings. The average Bonchev–Trinajstić information content (AvgIpc) is 3.21. The van der Waals surface area contributed by atoms with Gasteiger partial charge in [0.25, 0.3) is 5.91 Å². The highest BCUT2D eigenvalue weighted by atomic mass is 32.2. The average molecular weight is 439 g/mol. The SMILES string of the molecule is C=CCNS(=O)(=O)c1cccc(C(=O)Nc2cc(C)nn2C2CCS(=O)(=O)C2)c1. The van der Waals surface area contributed by atoms with Gasteiger partial charge < -0.3 is 5.32 Å². The van der Waals surface area contributed by atoms with Crippen molar-refractivity contribution in [2.45, 2.75) is 24.3 Å². The third-order valence-corrected chi connectivity index (χ3v) is 7.65. The zero-order valence-corrected chi connectivity index (χ0v) is 17.5. The van der Waals surface area contributed by atoms with Crippen LogP contribution in [0.2, 0.25) is 0 Å². The second kappa shape index (κ2) is 8.09. The molecule has 156 valence electrons. The number of aryl methyl sites for hydroxylation is 1. The van der Waals surface area contributed by atoms with Gasteiger partial charge >= 0.3 is 0 Å².